The molecular formula is C9H9F2NS. The summed E-state index contributed by atoms with van der Waals surface area (Å²) in [5.41, 5.74) is 5.09. The molecule has 0 aromatic heterocycles. The van der Waals surface area contributed by atoms with Gasteiger partial charge in [-0.05, 0) is 12.1 Å². The highest BCUT2D eigenvalue weighted by Gasteiger charge is 2.08. The van der Waals surface area contributed by atoms with Gasteiger partial charge in [0.15, 0.2) is 5.82 Å². The number of benzene rings is 1. The molecule has 1 rings (SSSR count). The largest absolute Gasteiger partial charge is 0.396 e. The van der Waals surface area contributed by atoms with E-state index in [4.69, 9.17) is 5.73 Å². The summed E-state index contributed by atoms with van der Waals surface area (Å²) >= 11 is 3.88. The van der Waals surface area contributed by atoms with Gasteiger partial charge < -0.3 is 5.73 Å². The summed E-state index contributed by atoms with van der Waals surface area (Å²) in [7, 11) is 0. The van der Waals surface area contributed by atoms with Gasteiger partial charge in [-0.25, -0.2) is 8.78 Å². The molecular weight excluding hydrogens is 192 g/mol. The average Bonchev–Trinajstić information content (AvgIpc) is 2.12. The maximum atomic E-state index is 13.1. The molecule has 70 valence electrons. The molecule has 2 N–H and O–H groups in total. The smallest absolute Gasteiger partial charge is 0.156 e. The summed E-state index contributed by atoms with van der Waals surface area (Å²) in [4.78, 5) is 0. The molecule has 4 heteroatoms. The van der Waals surface area contributed by atoms with Crippen LogP contribution in [0.1, 0.15) is 5.56 Å². The summed E-state index contributed by atoms with van der Waals surface area (Å²) < 4.78 is 26.1. The fraction of sp³-hybridized carbons (Fsp3) is 0.111. The average molecular weight is 201 g/mol. The van der Waals surface area contributed by atoms with Gasteiger partial charge in [0, 0.05) is 11.3 Å². The van der Waals surface area contributed by atoms with E-state index < -0.39 is 11.6 Å². The van der Waals surface area contributed by atoms with E-state index in [-0.39, 0.29) is 11.3 Å². The van der Waals surface area contributed by atoms with Gasteiger partial charge in [-0.1, -0.05) is 12.2 Å². The monoisotopic (exact) mass is 201 g/mol. The fourth-order valence-electron chi connectivity index (χ4n) is 0.910. The van der Waals surface area contributed by atoms with Crippen LogP contribution < -0.4 is 5.73 Å². The van der Waals surface area contributed by atoms with Crippen molar-refractivity contribution in [2.24, 2.45) is 0 Å². The van der Waals surface area contributed by atoms with Crippen molar-refractivity contribution in [2.45, 2.75) is 0 Å². The standard InChI is InChI=1S/C9H9F2NS/c10-7-3-4-8(12)9(11)6(7)2-1-5-13/h1-4,13H,5,12H2. The van der Waals surface area contributed by atoms with Gasteiger partial charge in [0.1, 0.15) is 5.82 Å². The second-order valence-electron chi connectivity index (χ2n) is 2.45. The quantitative estimate of drug-likeness (QED) is 0.558. The predicted molar refractivity (Wildman–Crippen MR) is 53.7 cm³/mol. The van der Waals surface area contributed by atoms with Crippen LogP contribution in [0.3, 0.4) is 0 Å². The molecule has 1 aromatic rings. The molecule has 0 aliphatic rings. The number of anilines is 1. The molecule has 0 saturated carbocycles. The van der Waals surface area contributed by atoms with Crippen LogP contribution in [0.25, 0.3) is 6.08 Å². The normalized spacial score (nSPS) is 11.0. The molecule has 0 unspecified atom stereocenters. The Hall–Kier alpha value is -1.03. The summed E-state index contributed by atoms with van der Waals surface area (Å²) in [6, 6.07) is 2.33. The second-order valence-corrected chi connectivity index (χ2v) is 2.81. The van der Waals surface area contributed by atoms with E-state index in [1.54, 1.807) is 6.08 Å². The van der Waals surface area contributed by atoms with Gasteiger partial charge in [0.25, 0.3) is 0 Å². The fourth-order valence-corrected chi connectivity index (χ4v) is 1.01. The maximum absolute atomic E-state index is 13.1. The zero-order chi connectivity index (χ0) is 9.84. The Labute approximate surface area is 80.7 Å². The molecule has 0 amide bonds. The molecule has 0 aliphatic carbocycles. The number of hydrogen-bond acceptors (Lipinski definition) is 2. The van der Waals surface area contributed by atoms with Crippen LogP contribution in [0.4, 0.5) is 14.5 Å². The van der Waals surface area contributed by atoms with Crippen molar-refractivity contribution in [3.8, 4) is 0 Å². The Bertz CT molecular complexity index is 337. The highest BCUT2D eigenvalue weighted by molar-refractivity contribution is 7.80. The van der Waals surface area contributed by atoms with Crippen LogP contribution >= 0.6 is 12.6 Å². The molecule has 0 radical (unpaired) electrons. The van der Waals surface area contributed by atoms with Crippen molar-refractivity contribution < 1.29 is 8.78 Å². The molecule has 0 fully saturated rings. The predicted octanol–water partition coefficient (Wildman–Crippen LogP) is 2.49. The highest BCUT2D eigenvalue weighted by Crippen LogP contribution is 2.19. The van der Waals surface area contributed by atoms with Gasteiger partial charge in [-0.15, -0.1) is 0 Å². The van der Waals surface area contributed by atoms with Gasteiger partial charge in [-0.3, -0.25) is 0 Å². The van der Waals surface area contributed by atoms with Crippen molar-refractivity contribution in [2.75, 3.05) is 11.5 Å². The maximum Gasteiger partial charge on any atom is 0.156 e. The van der Waals surface area contributed by atoms with Crippen molar-refractivity contribution in [3.05, 3.63) is 35.4 Å². The van der Waals surface area contributed by atoms with Crippen LogP contribution in [0.15, 0.2) is 18.2 Å². The molecule has 1 nitrogen and oxygen atoms in total. The SMILES string of the molecule is Nc1ccc(F)c(C=CCS)c1F. The third-order valence-corrected chi connectivity index (χ3v) is 1.76. The number of hydrogen-bond donors (Lipinski definition) is 2. The van der Waals surface area contributed by atoms with E-state index >= 15 is 0 Å². The highest BCUT2D eigenvalue weighted by atomic mass is 32.1. The minimum atomic E-state index is -0.724. The van der Waals surface area contributed by atoms with Gasteiger partial charge in [-0.2, -0.15) is 12.6 Å². The van der Waals surface area contributed by atoms with Gasteiger partial charge in [0.2, 0.25) is 0 Å². The zero-order valence-electron chi connectivity index (χ0n) is 6.80. The lowest BCUT2D eigenvalue weighted by molar-refractivity contribution is 0.581. The van der Waals surface area contributed by atoms with Crippen molar-refractivity contribution in [1.29, 1.82) is 0 Å². The first-order valence-corrected chi connectivity index (χ1v) is 4.31. The molecule has 0 bridgehead atoms. The van der Waals surface area contributed by atoms with E-state index in [1.165, 1.54) is 12.1 Å². The molecule has 0 saturated heterocycles. The minimum Gasteiger partial charge on any atom is -0.396 e. The summed E-state index contributed by atoms with van der Waals surface area (Å²) in [5, 5.41) is 0. The van der Waals surface area contributed by atoms with E-state index in [0.717, 1.165) is 6.07 Å². The zero-order valence-corrected chi connectivity index (χ0v) is 7.69. The molecule has 1 aromatic carbocycles. The number of rotatable bonds is 2. The van der Waals surface area contributed by atoms with Crippen molar-refractivity contribution >= 4 is 24.4 Å². The second kappa shape index (κ2) is 4.28. The Morgan fingerprint density at radius 1 is 1.38 bits per heavy atom. The topological polar surface area (TPSA) is 26.0 Å². The lowest BCUT2D eigenvalue weighted by atomic mass is 10.1. The first kappa shape index (κ1) is 10.1. The molecule has 0 spiro atoms. The molecule has 0 heterocycles. The van der Waals surface area contributed by atoms with Gasteiger partial charge >= 0.3 is 0 Å². The Balaban J connectivity index is 3.17. The molecule has 0 aliphatic heterocycles. The van der Waals surface area contributed by atoms with Crippen LogP contribution in [-0.4, -0.2) is 5.75 Å². The number of halogens is 2. The summed E-state index contributed by atoms with van der Waals surface area (Å²) in [6.45, 7) is 0. The first-order valence-electron chi connectivity index (χ1n) is 3.67. The summed E-state index contributed by atoms with van der Waals surface area (Å²) in [5.74, 6) is -0.920. The molecule has 13 heavy (non-hydrogen) atoms. The number of thiol groups is 1. The number of nitrogens with two attached hydrogens (primary N) is 1. The van der Waals surface area contributed by atoms with Crippen molar-refractivity contribution in [1.82, 2.24) is 0 Å². The van der Waals surface area contributed by atoms with Crippen molar-refractivity contribution in [3.63, 3.8) is 0 Å². The lowest BCUT2D eigenvalue weighted by Gasteiger charge is -2.01. The van der Waals surface area contributed by atoms with E-state index in [0.29, 0.717) is 5.75 Å². The number of nitrogen functional groups attached to an aromatic ring is 1. The molecule has 0 atom stereocenters. The minimum absolute atomic E-state index is 0.0554. The van der Waals surface area contributed by atoms with Crippen LogP contribution in [0.2, 0.25) is 0 Å². The third-order valence-electron chi connectivity index (χ3n) is 1.55. The summed E-state index contributed by atoms with van der Waals surface area (Å²) in [6.07, 6.45) is 2.87. The third kappa shape index (κ3) is 2.21. The van der Waals surface area contributed by atoms with Crippen LogP contribution in [0, 0.1) is 11.6 Å². The van der Waals surface area contributed by atoms with Crippen LogP contribution in [-0.2, 0) is 0 Å². The Morgan fingerprint density at radius 2 is 2.08 bits per heavy atom. The van der Waals surface area contributed by atoms with E-state index in [1.807, 2.05) is 0 Å². The Kier molecular flexibility index (Phi) is 3.31. The lowest BCUT2D eigenvalue weighted by Crippen LogP contribution is -1.96. The first-order chi connectivity index (χ1) is 6.16. The van der Waals surface area contributed by atoms with E-state index in [9.17, 15) is 8.78 Å². The Morgan fingerprint density at radius 3 is 2.69 bits per heavy atom. The van der Waals surface area contributed by atoms with Gasteiger partial charge in [0.05, 0.1) is 5.69 Å². The van der Waals surface area contributed by atoms with Crippen LogP contribution in [0.5, 0.6) is 0 Å². The van der Waals surface area contributed by atoms with E-state index in [2.05, 4.69) is 12.6 Å².